The molecule has 0 amide bonds. The van der Waals surface area contributed by atoms with Gasteiger partial charge in [0.25, 0.3) is 12.0 Å². The van der Waals surface area contributed by atoms with Crippen molar-refractivity contribution >= 4 is 31.8 Å². The molecule has 0 spiro atoms. The van der Waals surface area contributed by atoms with Crippen LogP contribution >= 0.6 is 11.3 Å². The summed E-state index contributed by atoms with van der Waals surface area (Å²) in [6.45, 7) is 0. The summed E-state index contributed by atoms with van der Waals surface area (Å²) in [5.74, 6) is 0. The van der Waals surface area contributed by atoms with Gasteiger partial charge in [-0.3, -0.25) is 14.8 Å². The van der Waals surface area contributed by atoms with Crippen molar-refractivity contribution in [3.05, 3.63) is 57.0 Å². The molecule has 0 aliphatic rings. The summed E-state index contributed by atoms with van der Waals surface area (Å²) in [7, 11) is 0. The molecule has 0 saturated heterocycles. The summed E-state index contributed by atoms with van der Waals surface area (Å²) < 4.78 is 27.3. The molecule has 0 atom stereocenters. The Morgan fingerprint density at radius 2 is 2.04 bits per heavy atom. The molecule has 0 saturated carbocycles. The molecule has 24 heavy (non-hydrogen) atoms. The second-order valence-corrected chi connectivity index (χ2v) is 6.03. The number of fused-ring (bicyclic) bond motifs is 3. The lowest BCUT2D eigenvalue weighted by molar-refractivity contribution is 0.153. The van der Waals surface area contributed by atoms with Crippen LogP contribution in [0.2, 0.25) is 0 Å². The molecule has 0 radical (unpaired) electrons. The van der Waals surface area contributed by atoms with E-state index in [1.807, 2.05) is 0 Å². The van der Waals surface area contributed by atoms with Gasteiger partial charge in [0.2, 0.25) is 0 Å². The Morgan fingerprint density at radius 3 is 2.75 bits per heavy atom. The van der Waals surface area contributed by atoms with E-state index in [4.69, 9.17) is 0 Å². The Hall–Kier alpha value is -2.94. The van der Waals surface area contributed by atoms with E-state index in [9.17, 15) is 18.4 Å². The van der Waals surface area contributed by atoms with Crippen LogP contribution in [-0.2, 0) is 0 Å². The van der Waals surface area contributed by atoms with Crippen LogP contribution in [0.5, 0.6) is 0 Å². The van der Waals surface area contributed by atoms with Gasteiger partial charge in [-0.05, 0) is 18.2 Å². The van der Waals surface area contributed by atoms with Crippen LogP contribution in [0, 0.1) is 0 Å². The minimum absolute atomic E-state index is 0.0873. The first kappa shape index (κ1) is 14.6. The van der Waals surface area contributed by atoms with Gasteiger partial charge in [0.1, 0.15) is 9.53 Å². The molecule has 0 bridgehead atoms. The SMILES string of the molecule is O=c1[nH]c(=O)c2sc3nc(-c4cccnc4)cc(C(F)F)c3c2[nH]1. The van der Waals surface area contributed by atoms with E-state index in [0.29, 0.717) is 11.3 Å². The number of thiophene rings is 1. The van der Waals surface area contributed by atoms with Gasteiger partial charge in [0.05, 0.1) is 11.2 Å². The number of hydrogen-bond acceptors (Lipinski definition) is 5. The Morgan fingerprint density at radius 1 is 1.21 bits per heavy atom. The number of H-pyrrole nitrogens is 2. The third-order valence-electron chi connectivity index (χ3n) is 3.56. The fourth-order valence-electron chi connectivity index (χ4n) is 2.54. The topological polar surface area (TPSA) is 91.5 Å². The van der Waals surface area contributed by atoms with Gasteiger partial charge >= 0.3 is 5.69 Å². The normalized spacial score (nSPS) is 11.6. The Kier molecular flexibility index (Phi) is 3.24. The van der Waals surface area contributed by atoms with Crippen LogP contribution in [0.25, 0.3) is 31.7 Å². The van der Waals surface area contributed by atoms with E-state index in [-0.39, 0.29) is 26.0 Å². The zero-order valence-electron chi connectivity index (χ0n) is 11.8. The lowest BCUT2D eigenvalue weighted by atomic mass is 10.1. The second kappa shape index (κ2) is 5.31. The maximum absolute atomic E-state index is 13.6. The van der Waals surface area contributed by atoms with E-state index in [1.165, 1.54) is 12.3 Å². The average molecular weight is 346 g/mol. The number of aromatic nitrogens is 4. The van der Waals surface area contributed by atoms with Crippen molar-refractivity contribution in [2.24, 2.45) is 0 Å². The van der Waals surface area contributed by atoms with Crippen molar-refractivity contribution in [1.82, 2.24) is 19.9 Å². The summed E-state index contributed by atoms with van der Waals surface area (Å²) in [5, 5.41) is 0.0980. The summed E-state index contributed by atoms with van der Waals surface area (Å²) >= 11 is 0.959. The number of pyridine rings is 2. The molecule has 0 aromatic carbocycles. The maximum Gasteiger partial charge on any atom is 0.326 e. The minimum atomic E-state index is -2.79. The van der Waals surface area contributed by atoms with Crippen molar-refractivity contribution in [2.45, 2.75) is 6.43 Å². The predicted molar refractivity (Wildman–Crippen MR) is 86.6 cm³/mol. The fraction of sp³-hybridized carbons (Fsp3) is 0.0667. The highest BCUT2D eigenvalue weighted by molar-refractivity contribution is 7.25. The Bertz CT molecular complexity index is 1180. The first-order valence-electron chi connectivity index (χ1n) is 6.83. The Balaban J connectivity index is 2.16. The van der Waals surface area contributed by atoms with Gasteiger partial charge in [0.15, 0.2) is 0 Å². The number of alkyl halides is 2. The molecule has 120 valence electrons. The van der Waals surface area contributed by atoms with Gasteiger partial charge in [-0.1, -0.05) is 0 Å². The lowest BCUT2D eigenvalue weighted by Crippen LogP contribution is -2.20. The fourth-order valence-corrected chi connectivity index (χ4v) is 3.60. The van der Waals surface area contributed by atoms with E-state index >= 15 is 0 Å². The molecule has 0 aliphatic carbocycles. The quantitative estimate of drug-likeness (QED) is 0.584. The monoisotopic (exact) mass is 346 g/mol. The van der Waals surface area contributed by atoms with Crippen LogP contribution in [-0.4, -0.2) is 19.9 Å². The predicted octanol–water partition coefficient (Wildman–Crippen LogP) is 2.83. The maximum atomic E-state index is 13.6. The number of nitrogens with one attached hydrogen (secondary N) is 2. The van der Waals surface area contributed by atoms with Crippen molar-refractivity contribution in [2.75, 3.05) is 0 Å². The zero-order chi connectivity index (χ0) is 16.8. The highest BCUT2D eigenvalue weighted by Crippen LogP contribution is 2.37. The van der Waals surface area contributed by atoms with E-state index < -0.39 is 17.7 Å². The van der Waals surface area contributed by atoms with Crippen LogP contribution in [0.1, 0.15) is 12.0 Å². The van der Waals surface area contributed by atoms with E-state index in [2.05, 4.69) is 19.9 Å². The molecule has 0 unspecified atom stereocenters. The van der Waals surface area contributed by atoms with Crippen molar-refractivity contribution in [3.63, 3.8) is 0 Å². The third kappa shape index (κ3) is 2.21. The molecule has 4 rings (SSSR count). The van der Waals surface area contributed by atoms with Crippen LogP contribution in [0.4, 0.5) is 8.78 Å². The van der Waals surface area contributed by atoms with E-state index in [0.717, 1.165) is 11.3 Å². The van der Waals surface area contributed by atoms with Crippen molar-refractivity contribution in [1.29, 1.82) is 0 Å². The highest BCUT2D eigenvalue weighted by atomic mass is 32.1. The first-order chi connectivity index (χ1) is 11.5. The molecule has 9 heteroatoms. The third-order valence-corrected chi connectivity index (χ3v) is 4.64. The van der Waals surface area contributed by atoms with Crippen LogP contribution < -0.4 is 11.2 Å². The summed E-state index contributed by atoms with van der Waals surface area (Å²) in [4.78, 5) is 36.5. The van der Waals surface area contributed by atoms with Gasteiger partial charge in [0, 0.05) is 28.9 Å². The molecular weight excluding hydrogens is 338 g/mol. The van der Waals surface area contributed by atoms with E-state index in [1.54, 1.807) is 18.3 Å². The number of rotatable bonds is 2. The summed E-state index contributed by atoms with van der Waals surface area (Å²) in [5.41, 5.74) is -0.656. The van der Waals surface area contributed by atoms with Crippen LogP contribution in [0.3, 0.4) is 0 Å². The zero-order valence-corrected chi connectivity index (χ0v) is 12.7. The molecular formula is C15H8F2N4O2S. The second-order valence-electron chi connectivity index (χ2n) is 5.03. The molecule has 6 nitrogen and oxygen atoms in total. The number of nitrogens with zero attached hydrogens (tertiary/aromatic N) is 2. The van der Waals surface area contributed by atoms with Gasteiger partial charge in [-0.2, -0.15) is 0 Å². The smallest absolute Gasteiger partial charge is 0.305 e. The molecule has 0 fully saturated rings. The lowest BCUT2D eigenvalue weighted by Gasteiger charge is -2.06. The van der Waals surface area contributed by atoms with Gasteiger partial charge in [-0.15, -0.1) is 11.3 Å². The average Bonchev–Trinajstić information content (AvgIpc) is 2.93. The number of hydrogen-bond donors (Lipinski definition) is 2. The minimum Gasteiger partial charge on any atom is -0.305 e. The number of halogens is 2. The summed E-state index contributed by atoms with van der Waals surface area (Å²) in [6, 6.07) is 4.64. The van der Waals surface area contributed by atoms with Crippen LogP contribution in [0.15, 0.2) is 40.2 Å². The molecule has 2 N–H and O–H groups in total. The van der Waals surface area contributed by atoms with Gasteiger partial charge < -0.3 is 4.98 Å². The molecule has 0 aliphatic heterocycles. The largest absolute Gasteiger partial charge is 0.326 e. The van der Waals surface area contributed by atoms with Gasteiger partial charge in [-0.25, -0.2) is 18.6 Å². The number of aromatic amines is 2. The van der Waals surface area contributed by atoms with Crippen molar-refractivity contribution in [3.8, 4) is 11.3 Å². The highest BCUT2D eigenvalue weighted by Gasteiger charge is 2.21. The first-order valence-corrected chi connectivity index (χ1v) is 7.64. The molecule has 4 aromatic rings. The summed E-state index contributed by atoms with van der Waals surface area (Å²) in [6.07, 6.45) is 0.303. The van der Waals surface area contributed by atoms with Crippen molar-refractivity contribution < 1.29 is 8.78 Å². The molecule has 4 heterocycles. The molecule has 4 aromatic heterocycles. The standard InChI is InChI=1S/C15H8F2N4O2S/c16-12(17)7-4-8(6-2-1-3-18-5-6)19-14-9(7)10-11(24-14)13(22)21-15(23)20-10/h1-5,12H,(H2,20,21,22,23). The Labute approximate surface area is 135 Å².